The number of aryl methyl sites for hydroxylation is 2. The van der Waals surface area contributed by atoms with Gasteiger partial charge in [0.05, 0.1) is 12.3 Å². The monoisotopic (exact) mass is 356 g/mol. The summed E-state index contributed by atoms with van der Waals surface area (Å²) >= 11 is 5.54. The summed E-state index contributed by atoms with van der Waals surface area (Å²) in [6.45, 7) is 7.38. The summed E-state index contributed by atoms with van der Waals surface area (Å²) in [6.07, 6.45) is 0.711. The molecule has 0 aromatic carbocycles. The molecule has 0 radical (unpaired) electrons. The van der Waals surface area contributed by atoms with Crippen molar-refractivity contribution in [3.63, 3.8) is 0 Å². The van der Waals surface area contributed by atoms with Crippen molar-refractivity contribution in [2.45, 2.75) is 39.9 Å². The molecule has 2 atom stereocenters. The van der Waals surface area contributed by atoms with E-state index in [0.717, 1.165) is 17.9 Å². The van der Waals surface area contributed by atoms with Crippen molar-refractivity contribution < 1.29 is 13.3 Å². The molecule has 0 bridgehead atoms. The van der Waals surface area contributed by atoms with Crippen LogP contribution in [-0.4, -0.2) is 51.7 Å². The fourth-order valence-electron chi connectivity index (χ4n) is 3.28. The maximum atomic E-state index is 11.7. The van der Waals surface area contributed by atoms with E-state index in [9.17, 15) is 8.42 Å². The third kappa shape index (κ3) is 3.17. The van der Waals surface area contributed by atoms with Gasteiger partial charge in [0.2, 0.25) is 4.77 Å². The quantitative estimate of drug-likeness (QED) is 0.776. The minimum Gasteiger partial charge on any atom is -0.313 e. The lowest BCUT2D eigenvalue weighted by Gasteiger charge is -2.22. The van der Waals surface area contributed by atoms with E-state index in [1.807, 2.05) is 24.3 Å². The van der Waals surface area contributed by atoms with Crippen LogP contribution in [0.5, 0.6) is 0 Å². The van der Waals surface area contributed by atoms with Crippen LogP contribution in [0.3, 0.4) is 0 Å². The Morgan fingerprint density at radius 3 is 2.78 bits per heavy atom. The predicted octanol–water partition coefficient (Wildman–Crippen LogP) is -0.0735. The van der Waals surface area contributed by atoms with Gasteiger partial charge in [0.1, 0.15) is 11.8 Å². The van der Waals surface area contributed by atoms with E-state index < -0.39 is 9.84 Å². The molecular formula is C14H22N5O2S2+. The van der Waals surface area contributed by atoms with Crippen molar-refractivity contribution in [3.8, 4) is 0 Å². The highest BCUT2D eigenvalue weighted by Crippen LogP contribution is 2.10. The normalized spacial score (nSPS) is 21.8. The summed E-state index contributed by atoms with van der Waals surface area (Å²) in [5.74, 6) is 1.15. The number of nitrogens with one attached hydrogen (secondary N) is 1. The number of hydrogen-bond donors (Lipinski definition) is 1. The molecule has 0 amide bonds. The second-order valence-electron chi connectivity index (χ2n) is 6.23. The van der Waals surface area contributed by atoms with Crippen LogP contribution in [0.25, 0.3) is 5.78 Å². The molecule has 23 heavy (non-hydrogen) atoms. The highest BCUT2D eigenvalue weighted by Gasteiger charge is 2.35. The Kier molecular flexibility index (Phi) is 4.28. The van der Waals surface area contributed by atoms with Crippen molar-refractivity contribution in [2.75, 3.05) is 18.1 Å². The van der Waals surface area contributed by atoms with Crippen LogP contribution in [0.15, 0.2) is 6.07 Å². The average molecular weight is 356 g/mol. The molecular weight excluding hydrogens is 334 g/mol. The number of aromatic nitrogens is 4. The number of rotatable bonds is 4. The second-order valence-corrected chi connectivity index (χ2v) is 8.82. The molecule has 1 aliphatic heterocycles. The van der Waals surface area contributed by atoms with Crippen LogP contribution < -0.4 is 4.90 Å². The largest absolute Gasteiger partial charge is 0.313 e. The van der Waals surface area contributed by atoms with Crippen LogP contribution in [-0.2, 0) is 16.5 Å². The molecule has 0 spiro atoms. The topological polar surface area (TPSA) is 73.7 Å². The zero-order valence-electron chi connectivity index (χ0n) is 13.6. The van der Waals surface area contributed by atoms with Crippen LogP contribution in [0.4, 0.5) is 0 Å². The van der Waals surface area contributed by atoms with Gasteiger partial charge in [-0.1, -0.05) is 0 Å². The number of quaternary nitrogens is 1. The van der Waals surface area contributed by atoms with Crippen LogP contribution in [0.2, 0.25) is 0 Å². The van der Waals surface area contributed by atoms with Gasteiger partial charge in [-0.25, -0.2) is 13.4 Å². The van der Waals surface area contributed by atoms with Crippen molar-refractivity contribution in [2.24, 2.45) is 0 Å². The van der Waals surface area contributed by atoms with Crippen LogP contribution >= 0.6 is 12.2 Å². The summed E-state index contributed by atoms with van der Waals surface area (Å²) < 4.78 is 27.7. The Hall–Kier alpha value is -1.32. The summed E-state index contributed by atoms with van der Waals surface area (Å²) in [5.41, 5.74) is 1.91. The molecule has 1 fully saturated rings. The van der Waals surface area contributed by atoms with E-state index in [1.54, 1.807) is 4.68 Å². The van der Waals surface area contributed by atoms with E-state index in [4.69, 9.17) is 12.2 Å². The Bertz CT molecular complexity index is 900. The standard InChI is InChI=1S/C14H21N5O2S2/c1-4-17(12-5-6-23(20,21)8-12)9-18-14(22)19-11(3)7-10(2)15-13(19)16-18/h7,12H,4-6,8-9H2,1-3H3/p+1/t12-/m1/s1. The average Bonchev–Trinajstić information content (AvgIpc) is 2.96. The van der Waals surface area contributed by atoms with Gasteiger partial charge >= 0.3 is 0 Å². The predicted molar refractivity (Wildman–Crippen MR) is 89.8 cm³/mol. The van der Waals surface area contributed by atoms with Gasteiger partial charge in [0, 0.05) is 17.8 Å². The lowest BCUT2D eigenvalue weighted by atomic mass is 10.2. The first kappa shape index (κ1) is 16.5. The van der Waals surface area contributed by atoms with Crippen LogP contribution in [0.1, 0.15) is 24.7 Å². The maximum Gasteiger partial charge on any atom is 0.254 e. The van der Waals surface area contributed by atoms with Gasteiger partial charge in [-0.15, -0.1) is 5.10 Å². The van der Waals surface area contributed by atoms with Gasteiger partial charge in [0.15, 0.2) is 16.5 Å². The van der Waals surface area contributed by atoms with Gasteiger partial charge in [-0.05, 0) is 39.1 Å². The highest BCUT2D eigenvalue weighted by atomic mass is 32.2. The summed E-state index contributed by atoms with van der Waals surface area (Å²) in [6, 6.07) is 2.09. The van der Waals surface area contributed by atoms with Gasteiger partial charge in [-0.3, -0.25) is 4.40 Å². The molecule has 9 heteroatoms. The van der Waals surface area contributed by atoms with Crippen molar-refractivity contribution in [1.29, 1.82) is 0 Å². The molecule has 7 nitrogen and oxygen atoms in total. The van der Waals surface area contributed by atoms with E-state index >= 15 is 0 Å². The van der Waals surface area contributed by atoms with E-state index in [0.29, 0.717) is 23.6 Å². The zero-order valence-corrected chi connectivity index (χ0v) is 15.2. The Labute approximate surface area is 140 Å². The Balaban J connectivity index is 1.93. The molecule has 0 saturated carbocycles. The molecule has 1 saturated heterocycles. The summed E-state index contributed by atoms with van der Waals surface area (Å²) in [4.78, 5) is 5.63. The fourth-order valence-corrected chi connectivity index (χ4v) is 5.43. The SMILES string of the molecule is CC[NH+](Cn1nc2nc(C)cc(C)n2c1=S)[C@@H]1CCS(=O)(=O)C1. The molecule has 1 unspecified atom stereocenters. The first-order valence-electron chi connectivity index (χ1n) is 7.79. The number of hydrogen-bond acceptors (Lipinski definition) is 5. The molecule has 0 aliphatic carbocycles. The number of fused-ring (bicyclic) bond motifs is 1. The van der Waals surface area contributed by atoms with E-state index in [2.05, 4.69) is 17.0 Å². The molecule has 1 aliphatic rings. The molecule has 2 aromatic rings. The van der Waals surface area contributed by atoms with Gasteiger partial charge in [0.25, 0.3) is 5.78 Å². The molecule has 3 rings (SSSR count). The first-order valence-corrected chi connectivity index (χ1v) is 10.0. The third-order valence-electron chi connectivity index (χ3n) is 4.49. The van der Waals surface area contributed by atoms with E-state index in [1.165, 1.54) is 4.90 Å². The molecule has 126 valence electrons. The van der Waals surface area contributed by atoms with Crippen molar-refractivity contribution in [1.82, 2.24) is 19.2 Å². The van der Waals surface area contributed by atoms with Gasteiger partial charge in [-0.2, -0.15) is 4.68 Å². The molecule has 1 N–H and O–H groups in total. The number of sulfone groups is 1. The van der Waals surface area contributed by atoms with E-state index in [-0.39, 0.29) is 17.5 Å². The Morgan fingerprint density at radius 2 is 2.17 bits per heavy atom. The molecule has 3 heterocycles. The number of nitrogens with zero attached hydrogens (tertiary/aromatic N) is 4. The lowest BCUT2D eigenvalue weighted by Crippen LogP contribution is -3.15. The highest BCUT2D eigenvalue weighted by molar-refractivity contribution is 7.91. The first-order chi connectivity index (χ1) is 10.8. The second kappa shape index (κ2) is 5.95. The maximum absolute atomic E-state index is 11.7. The van der Waals surface area contributed by atoms with Gasteiger partial charge < -0.3 is 4.90 Å². The Morgan fingerprint density at radius 1 is 1.43 bits per heavy atom. The van der Waals surface area contributed by atoms with Crippen LogP contribution in [0, 0.1) is 18.6 Å². The van der Waals surface area contributed by atoms with Crippen molar-refractivity contribution in [3.05, 3.63) is 22.2 Å². The summed E-state index contributed by atoms with van der Waals surface area (Å²) in [5, 5.41) is 4.52. The minimum atomic E-state index is -2.88. The molecule has 2 aromatic heterocycles. The van der Waals surface area contributed by atoms with Crippen molar-refractivity contribution >= 4 is 27.8 Å². The summed E-state index contributed by atoms with van der Waals surface area (Å²) in [7, 11) is -2.88. The minimum absolute atomic E-state index is 0.118. The lowest BCUT2D eigenvalue weighted by molar-refractivity contribution is -0.943. The smallest absolute Gasteiger partial charge is 0.254 e. The fraction of sp³-hybridized carbons (Fsp3) is 0.643. The zero-order chi connectivity index (χ0) is 16.8. The third-order valence-corrected chi connectivity index (χ3v) is 6.65.